The maximum Gasteiger partial charge on any atom is 0.326 e. The highest BCUT2D eigenvalue weighted by Crippen LogP contribution is 2.22. The monoisotopic (exact) mass is 252 g/mol. The Labute approximate surface area is 104 Å². The van der Waals surface area contributed by atoms with E-state index >= 15 is 0 Å². The van der Waals surface area contributed by atoms with Crippen molar-refractivity contribution in [1.82, 2.24) is 14.7 Å². The molecule has 7 heteroatoms. The van der Waals surface area contributed by atoms with E-state index < -0.39 is 18.1 Å². The molecule has 0 saturated carbocycles. The number of aliphatic carboxylic acids is 1. The molecule has 1 amide bonds. The Morgan fingerprint density at radius 2 is 2.33 bits per heavy atom. The summed E-state index contributed by atoms with van der Waals surface area (Å²) in [4.78, 5) is 24.5. The third-order valence-corrected chi connectivity index (χ3v) is 3.17. The van der Waals surface area contributed by atoms with Crippen LogP contribution >= 0.6 is 0 Å². The normalized spacial score (nSPS) is 21.0. The molecule has 1 aromatic heterocycles. The molecule has 18 heavy (non-hydrogen) atoms. The van der Waals surface area contributed by atoms with E-state index in [0.717, 1.165) is 0 Å². The summed E-state index contributed by atoms with van der Waals surface area (Å²) in [6.07, 6.45) is 4.37. The number of carbonyl (C=O) groups is 2. The van der Waals surface area contributed by atoms with Crippen LogP contribution < -0.4 is 5.73 Å². The number of nitrogens with two attached hydrogens (primary N) is 1. The summed E-state index contributed by atoms with van der Waals surface area (Å²) < 4.78 is 1.56. The van der Waals surface area contributed by atoms with E-state index in [1.807, 2.05) is 0 Å². The van der Waals surface area contributed by atoms with Crippen LogP contribution in [0, 0.1) is 0 Å². The minimum Gasteiger partial charge on any atom is -0.480 e. The molecule has 1 aliphatic rings. The molecular weight excluding hydrogens is 236 g/mol. The zero-order chi connectivity index (χ0) is 13.3. The first-order valence-electron chi connectivity index (χ1n) is 5.78. The first-order valence-corrected chi connectivity index (χ1v) is 5.78. The zero-order valence-electron chi connectivity index (χ0n) is 10.1. The molecule has 0 spiro atoms. The number of rotatable bonds is 3. The molecule has 2 rings (SSSR count). The van der Waals surface area contributed by atoms with Crippen LogP contribution in [0.1, 0.15) is 24.4 Å². The molecule has 0 bridgehead atoms. The Kier molecular flexibility index (Phi) is 3.33. The Balaban J connectivity index is 2.13. The SMILES string of the molecule is Cn1cc(C(N)C(=O)N2CCC[C@H]2C(=O)O)cn1. The Morgan fingerprint density at radius 3 is 2.89 bits per heavy atom. The summed E-state index contributed by atoms with van der Waals surface area (Å²) in [6, 6.07) is -1.60. The number of carboxylic acids is 1. The highest BCUT2D eigenvalue weighted by Gasteiger charge is 2.36. The summed E-state index contributed by atoms with van der Waals surface area (Å²) >= 11 is 0. The number of hydrogen-bond acceptors (Lipinski definition) is 4. The fourth-order valence-electron chi connectivity index (χ4n) is 2.21. The largest absolute Gasteiger partial charge is 0.480 e. The molecule has 0 aromatic carbocycles. The number of amides is 1. The third-order valence-electron chi connectivity index (χ3n) is 3.17. The van der Waals surface area contributed by atoms with Crippen molar-refractivity contribution in [2.75, 3.05) is 6.54 Å². The minimum atomic E-state index is -0.973. The molecule has 1 saturated heterocycles. The standard InChI is InChI=1S/C11H16N4O3/c1-14-6-7(5-13-14)9(12)10(16)15-4-2-3-8(15)11(17)18/h5-6,8-9H,2-4,12H2,1H3,(H,17,18)/t8-,9?/m0/s1. The van der Waals surface area contributed by atoms with E-state index in [1.165, 1.54) is 11.1 Å². The number of aromatic nitrogens is 2. The molecule has 1 aliphatic heterocycles. The lowest BCUT2D eigenvalue weighted by Crippen LogP contribution is -2.44. The second-order valence-corrected chi connectivity index (χ2v) is 4.45. The predicted molar refractivity (Wildman–Crippen MR) is 62.5 cm³/mol. The number of likely N-dealkylation sites (tertiary alicyclic amines) is 1. The number of nitrogens with zero attached hydrogens (tertiary/aromatic N) is 3. The Morgan fingerprint density at radius 1 is 1.61 bits per heavy atom. The van der Waals surface area contributed by atoms with Crippen LogP contribution in [0.4, 0.5) is 0 Å². The van der Waals surface area contributed by atoms with Gasteiger partial charge in [0.15, 0.2) is 0 Å². The second kappa shape index (κ2) is 4.77. The zero-order valence-corrected chi connectivity index (χ0v) is 10.1. The molecule has 1 unspecified atom stereocenters. The average molecular weight is 252 g/mol. The summed E-state index contributed by atoms with van der Waals surface area (Å²) in [7, 11) is 1.73. The predicted octanol–water partition coefficient (Wildman–Crippen LogP) is -0.504. The third kappa shape index (κ3) is 2.21. The highest BCUT2D eigenvalue weighted by atomic mass is 16.4. The van der Waals surface area contributed by atoms with Gasteiger partial charge in [0.05, 0.1) is 6.20 Å². The lowest BCUT2D eigenvalue weighted by atomic mass is 10.1. The summed E-state index contributed by atoms with van der Waals surface area (Å²) in [5.74, 6) is -1.33. The van der Waals surface area contributed by atoms with Gasteiger partial charge in [-0.1, -0.05) is 0 Å². The molecule has 0 aliphatic carbocycles. The van der Waals surface area contributed by atoms with Crippen LogP contribution in [0.3, 0.4) is 0 Å². The minimum absolute atomic E-state index is 0.354. The lowest BCUT2D eigenvalue weighted by Gasteiger charge is -2.24. The fourth-order valence-corrected chi connectivity index (χ4v) is 2.21. The molecule has 2 atom stereocenters. The van der Waals surface area contributed by atoms with Crippen molar-refractivity contribution in [1.29, 1.82) is 0 Å². The molecule has 0 radical (unpaired) electrons. The van der Waals surface area contributed by atoms with Crippen LogP contribution in [0.5, 0.6) is 0 Å². The molecule has 2 heterocycles. The maximum atomic E-state index is 12.2. The molecular formula is C11H16N4O3. The van der Waals surface area contributed by atoms with Crippen LogP contribution in [0.15, 0.2) is 12.4 Å². The summed E-state index contributed by atoms with van der Waals surface area (Å²) in [6.45, 7) is 0.448. The van der Waals surface area contributed by atoms with E-state index in [4.69, 9.17) is 10.8 Å². The highest BCUT2D eigenvalue weighted by molar-refractivity contribution is 5.88. The van der Waals surface area contributed by atoms with E-state index in [2.05, 4.69) is 5.10 Å². The topological polar surface area (TPSA) is 101 Å². The van der Waals surface area contributed by atoms with Gasteiger partial charge in [0.2, 0.25) is 5.91 Å². The molecule has 7 nitrogen and oxygen atoms in total. The first-order chi connectivity index (χ1) is 8.50. The van der Waals surface area contributed by atoms with Crippen LogP contribution in [-0.2, 0) is 16.6 Å². The van der Waals surface area contributed by atoms with Gasteiger partial charge in [0, 0.05) is 25.4 Å². The van der Waals surface area contributed by atoms with Crippen molar-refractivity contribution < 1.29 is 14.7 Å². The summed E-state index contributed by atoms with van der Waals surface area (Å²) in [5.41, 5.74) is 6.45. The molecule has 3 N–H and O–H groups in total. The smallest absolute Gasteiger partial charge is 0.326 e. The molecule has 98 valence electrons. The van der Waals surface area contributed by atoms with E-state index in [-0.39, 0.29) is 5.91 Å². The van der Waals surface area contributed by atoms with Crippen molar-refractivity contribution in [3.8, 4) is 0 Å². The van der Waals surface area contributed by atoms with Gasteiger partial charge in [0.1, 0.15) is 12.1 Å². The number of hydrogen-bond donors (Lipinski definition) is 2. The van der Waals surface area contributed by atoms with Crippen LogP contribution in [0.25, 0.3) is 0 Å². The van der Waals surface area contributed by atoms with E-state index in [9.17, 15) is 9.59 Å². The van der Waals surface area contributed by atoms with E-state index in [1.54, 1.807) is 17.9 Å². The van der Waals surface area contributed by atoms with Gasteiger partial charge >= 0.3 is 5.97 Å². The van der Waals surface area contributed by atoms with E-state index in [0.29, 0.717) is 24.9 Å². The number of carbonyl (C=O) groups excluding carboxylic acids is 1. The van der Waals surface area contributed by atoms with Crippen molar-refractivity contribution >= 4 is 11.9 Å². The fraction of sp³-hybridized carbons (Fsp3) is 0.545. The molecule has 1 aromatic rings. The van der Waals surface area contributed by atoms with Gasteiger partial charge in [-0.25, -0.2) is 4.79 Å². The van der Waals surface area contributed by atoms with Crippen molar-refractivity contribution in [3.63, 3.8) is 0 Å². The van der Waals surface area contributed by atoms with Crippen molar-refractivity contribution in [2.24, 2.45) is 12.8 Å². The quantitative estimate of drug-likeness (QED) is 0.754. The van der Waals surface area contributed by atoms with Crippen LogP contribution in [0.2, 0.25) is 0 Å². The second-order valence-electron chi connectivity index (χ2n) is 4.45. The maximum absolute atomic E-state index is 12.2. The van der Waals surface area contributed by atoms with Crippen LogP contribution in [-0.4, -0.2) is 44.3 Å². The number of aryl methyl sites for hydroxylation is 1. The van der Waals surface area contributed by atoms with Gasteiger partial charge in [-0.2, -0.15) is 5.10 Å². The lowest BCUT2D eigenvalue weighted by molar-refractivity contribution is -0.148. The summed E-state index contributed by atoms with van der Waals surface area (Å²) in [5, 5.41) is 13.0. The first kappa shape index (κ1) is 12.6. The van der Waals surface area contributed by atoms with Gasteiger partial charge in [-0.15, -0.1) is 0 Å². The average Bonchev–Trinajstić information content (AvgIpc) is 2.95. The van der Waals surface area contributed by atoms with Crippen molar-refractivity contribution in [3.05, 3.63) is 18.0 Å². The number of carboxylic acid groups (broad SMARTS) is 1. The van der Waals surface area contributed by atoms with Crippen molar-refractivity contribution in [2.45, 2.75) is 24.9 Å². The van der Waals surface area contributed by atoms with Gasteiger partial charge in [-0.3, -0.25) is 9.48 Å². The Hall–Kier alpha value is -1.89. The van der Waals surface area contributed by atoms with Gasteiger partial charge in [0.25, 0.3) is 0 Å². The Bertz CT molecular complexity index is 471. The van der Waals surface area contributed by atoms with Gasteiger partial charge < -0.3 is 15.7 Å². The molecule has 1 fully saturated rings. The van der Waals surface area contributed by atoms with Gasteiger partial charge in [-0.05, 0) is 12.8 Å².